The van der Waals surface area contributed by atoms with E-state index in [1.807, 2.05) is 12.3 Å². The van der Waals surface area contributed by atoms with Crippen molar-refractivity contribution in [3.05, 3.63) is 76.3 Å². The molecule has 0 aliphatic rings. The number of halogens is 2. The fourth-order valence-electron chi connectivity index (χ4n) is 2.70. The molecule has 0 spiro atoms. The number of thioether (sulfide) groups is 1. The normalized spacial score (nSPS) is 11.1. The van der Waals surface area contributed by atoms with E-state index in [0.29, 0.717) is 15.7 Å². The number of ether oxygens (including phenoxy) is 1. The molecule has 0 saturated carbocycles. The highest BCUT2D eigenvalue weighted by atomic mass is 35.5. The molecule has 0 atom stereocenters. The molecule has 3 rings (SSSR count). The zero-order valence-corrected chi connectivity index (χ0v) is 19.6. The van der Waals surface area contributed by atoms with Crippen LogP contribution in [0.25, 0.3) is 0 Å². The van der Waals surface area contributed by atoms with Gasteiger partial charge in [0.2, 0.25) is 0 Å². The molecule has 6 nitrogen and oxygen atoms in total. The van der Waals surface area contributed by atoms with Crippen molar-refractivity contribution in [2.75, 3.05) is 23.4 Å². The summed E-state index contributed by atoms with van der Waals surface area (Å²) in [7, 11) is -2.65. The van der Waals surface area contributed by atoms with Crippen molar-refractivity contribution in [3.8, 4) is 5.75 Å². The van der Waals surface area contributed by atoms with E-state index in [-0.39, 0.29) is 21.9 Å². The second-order valence-corrected chi connectivity index (χ2v) is 9.65. The van der Waals surface area contributed by atoms with Crippen molar-refractivity contribution >= 4 is 62.3 Å². The number of sulfonamides is 1. The predicted molar refractivity (Wildman–Crippen MR) is 126 cm³/mol. The number of nitrogens with one attached hydrogen (secondary N) is 2. The van der Waals surface area contributed by atoms with Gasteiger partial charge >= 0.3 is 0 Å². The number of methoxy groups -OCH3 is 1. The predicted octanol–water partition coefficient (Wildman–Crippen LogP) is 5.78. The van der Waals surface area contributed by atoms with Crippen LogP contribution in [-0.4, -0.2) is 27.7 Å². The van der Waals surface area contributed by atoms with Gasteiger partial charge in [0.25, 0.3) is 15.9 Å². The number of rotatable bonds is 7. The average Bonchev–Trinajstić information content (AvgIpc) is 2.75. The van der Waals surface area contributed by atoms with E-state index in [9.17, 15) is 13.2 Å². The average molecular weight is 497 g/mol. The zero-order valence-electron chi connectivity index (χ0n) is 16.5. The van der Waals surface area contributed by atoms with Crippen molar-refractivity contribution in [1.82, 2.24) is 0 Å². The van der Waals surface area contributed by atoms with Crippen LogP contribution in [0.4, 0.5) is 11.4 Å². The van der Waals surface area contributed by atoms with Crippen LogP contribution in [0, 0.1) is 0 Å². The van der Waals surface area contributed by atoms with Gasteiger partial charge < -0.3 is 10.1 Å². The van der Waals surface area contributed by atoms with Gasteiger partial charge in [-0.1, -0.05) is 23.2 Å². The monoisotopic (exact) mass is 496 g/mol. The summed E-state index contributed by atoms with van der Waals surface area (Å²) in [4.78, 5) is 13.5. The van der Waals surface area contributed by atoms with Gasteiger partial charge in [-0.25, -0.2) is 8.42 Å². The molecule has 0 aromatic heterocycles. The Labute approximate surface area is 195 Å². The number of carbonyl (C=O) groups is 1. The van der Waals surface area contributed by atoms with Crippen molar-refractivity contribution < 1.29 is 17.9 Å². The maximum atomic E-state index is 13.0. The third-order valence-corrected chi connectivity index (χ3v) is 6.94. The van der Waals surface area contributed by atoms with Crippen molar-refractivity contribution in [2.45, 2.75) is 9.79 Å². The highest BCUT2D eigenvalue weighted by Gasteiger charge is 2.21. The van der Waals surface area contributed by atoms with Gasteiger partial charge in [-0.3, -0.25) is 9.52 Å². The molecule has 10 heteroatoms. The van der Waals surface area contributed by atoms with Crippen molar-refractivity contribution in [3.63, 3.8) is 0 Å². The minimum atomic E-state index is -4.01. The second kappa shape index (κ2) is 9.82. The molecule has 0 heterocycles. The summed E-state index contributed by atoms with van der Waals surface area (Å²) in [5.41, 5.74) is 0.891. The Morgan fingerprint density at radius 3 is 2.29 bits per heavy atom. The second-order valence-electron chi connectivity index (χ2n) is 6.28. The summed E-state index contributed by atoms with van der Waals surface area (Å²) in [6.45, 7) is 0. The van der Waals surface area contributed by atoms with Crippen LogP contribution in [0.3, 0.4) is 0 Å². The summed E-state index contributed by atoms with van der Waals surface area (Å²) in [6.07, 6.45) is 1.89. The lowest BCUT2D eigenvalue weighted by molar-refractivity contribution is 0.102. The van der Waals surface area contributed by atoms with Gasteiger partial charge in [0.15, 0.2) is 0 Å². The van der Waals surface area contributed by atoms with E-state index in [2.05, 4.69) is 10.0 Å². The van der Waals surface area contributed by atoms with Crippen LogP contribution in [0.15, 0.2) is 70.5 Å². The first kappa shape index (κ1) is 23.3. The van der Waals surface area contributed by atoms with Gasteiger partial charge in [-0.15, -0.1) is 11.8 Å². The number of hydrogen-bond acceptors (Lipinski definition) is 5. The first-order valence-corrected chi connectivity index (χ1v) is 12.3. The highest BCUT2D eigenvalue weighted by molar-refractivity contribution is 7.98. The lowest BCUT2D eigenvalue weighted by atomic mass is 10.2. The van der Waals surface area contributed by atoms with E-state index in [1.54, 1.807) is 42.5 Å². The van der Waals surface area contributed by atoms with Gasteiger partial charge in [0.1, 0.15) is 10.6 Å². The molecule has 1 amide bonds. The Balaban J connectivity index is 1.91. The van der Waals surface area contributed by atoms with Gasteiger partial charge in [0, 0.05) is 21.3 Å². The molecule has 162 valence electrons. The molecule has 0 aliphatic carbocycles. The third kappa shape index (κ3) is 5.65. The van der Waals surface area contributed by atoms with Gasteiger partial charge in [-0.2, -0.15) is 0 Å². The molecule has 0 fully saturated rings. The Kier molecular flexibility index (Phi) is 7.38. The van der Waals surface area contributed by atoms with Crippen LogP contribution < -0.4 is 14.8 Å². The number of benzene rings is 3. The highest BCUT2D eigenvalue weighted by Crippen LogP contribution is 2.30. The molecule has 0 saturated heterocycles. The number of anilines is 2. The smallest absolute Gasteiger partial charge is 0.265 e. The summed E-state index contributed by atoms with van der Waals surface area (Å²) in [5.74, 6) is -0.332. The Hall–Kier alpha value is -2.39. The van der Waals surface area contributed by atoms with Gasteiger partial charge in [0.05, 0.1) is 17.7 Å². The zero-order chi connectivity index (χ0) is 22.6. The number of carbonyl (C=O) groups excluding carboxylic acids is 1. The van der Waals surface area contributed by atoms with E-state index in [4.69, 9.17) is 27.9 Å². The molecular formula is C21H18Cl2N2O4S2. The quantitative estimate of drug-likeness (QED) is 0.405. The molecule has 3 aromatic rings. The van der Waals surface area contributed by atoms with Crippen LogP contribution in [0.2, 0.25) is 10.0 Å². The summed E-state index contributed by atoms with van der Waals surface area (Å²) >= 11 is 13.5. The van der Waals surface area contributed by atoms with E-state index >= 15 is 0 Å². The first-order chi connectivity index (χ1) is 14.7. The minimum Gasteiger partial charge on any atom is -0.495 e. The molecule has 0 radical (unpaired) electrons. The molecule has 2 N–H and O–H groups in total. The fraction of sp³-hybridized carbons (Fsp3) is 0.0952. The largest absolute Gasteiger partial charge is 0.495 e. The third-order valence-electron chi connectivity index (χ3n) is 4.23. The lowest BCUT2D eigenvalue weighted by Crippen LogP contribution is -2.16. The van der Waals surface area contributed by atoms with Crippen LogP contribution in [0.1, 0.15) is 10.4 Å². The van der Waals surface area contributed by atoms with E-state index in [0.717, 1.165) is 4.90 Å². The standard InChI is InChI=1S/C21H18Cl2N2O4S2/c1-29-19-10-7-15(24-21(26)17-12-16(30-2)8-9-18(17)23)11-20(19)31(27,28)25-14-5-3-13(22)4-6-14/h3-12,25H,1-2H3,(H,24,26). The van der Waals surface area contributed by atoms with Crippen molar-refractivity contribution in [2.24, 2.45) is 0 Å². The Morgan fingerprint density at radius 2 is 1.65 bits per heavy atom. The van der Waals surface area contributed by atoms with E-state index in [1.165, 1.54) is 31.0 Å². The topological polar surface area (TPSA) is 84.5 Å². The molecule has 0 unspecified atom stereocenters. The summed E-state index contributed by atoms with van der Waals surface area (Å²) in [5, 5.41) is 3.46. The Bertz CT molecular complexity index is 1220. The maximum Gasteiger partial charge on any atom is 0.265 e. The molecule has 3 aromatic carbocycles. The number of amides is 1. The van der Waals surface area contributed by atoms with Crippen molar-refractivity contribution in [1.29, 1.82) is 0 Å². The van der Waals surface area contributed by atoms with E-state index < -0.39 is 15.9 Å². The number of hydrogen-bond donors (Lipinski definition) is 2. The minimum absolute atomic E-state index is 0.127. The SMILES string of the molecule is COc1ccc(NC(=O)c2cc(SC)ccc2Cl)cc1S(=O)(=O)Nc1ccc(Cl)cc1. The first-order valence-electron chi connectivity index (χ1n) is 8.85. The summed E-state index contributed by atoms with van der Waals surface area (Å²) < 4.78 is 33.6. The van der Waals surface area contributed by atoms with Gasteiger partial charge in [-0.05, 0) is 66.9 Å². The molecular weight excluding hydrogens is 479 g/mol. The van der Waals surface area contributed by atoms with Crippen LogP contribution >= 0.6 is 35.0 Å². The molecule has 0 aliphatic heterocycles. The summed E-state index contributed by atoms with van der Waals surface area (Å²) in [6, 6.07) is 15.7. The maximum absolute atomic E-state index is 13.0. The molecule has 31 heavy (non-hydrogen) atoms. The Morgan fingerprint density at radius 1 is 0.968 bits per heavy atom. The van der Waals surface area contributed by atoms with Crippen LogP contribution in [0.5, 0.6) is 5.75 Å². The van der Waals surface area contributed by atoms with Crippen LogP contribution in [-0.2, 0) is 10.0 Å². The molecule has 0 bridgehead atoms. The fourth-order valence-corrected chi connectivity index (χ4v) is 4.72. The lowest BCUT2D eigenvalue weighted by Gasteiger charge is -2.14.